The van der Waals surface area contributed by atoms with Gasteiger partial charge in [-0.25, -0.2) is 0 Å². The minimum atomic E-state index is 0.796. The molecule has 0 spiro atoms. The zero-order valence-electron chi connectivity index (χ0n) is 5.87. The van der Waals surface area contributed by atoms with Gasteiger partial charge in [0.25, 0.3) is 0 Å². The van der Waals surface area contributed by atoms with Gasteiger partial charge in [0.15, 0.2) is 0 Å². The van der Waals surface area contributed by atoms with E-state index >= 15 is 0 Å². The molecule has 1 heteroatoms. The van der Waals surface area contributed by atoms with Crippen LogP contribution in [0.2, 0.25) is 0 Å². The Labute approximate surface area is 60.7 Å². The average Bonchev–Trinajstić information content (AvgIpc) is 1.95. The molecule has 1 aromatic carbocycles. The molecule has 51 valence electrons. The Bertz CT molecular complexity index is 211. The quantitative estimate of drug-likeness (QED) is 0.562. The topological polar surface area (TPSA) is 17.1 Å². The van der Waals surface area contributed by atoms with Crippen LogP contribution in [0.4, 0.5) is 0 Å². The summed E-state index contributed by atoms with van der Waals surface area (Å²) in [4.78, 5) is 10.0. The number of aldehydes is 1. The van der Waals surface area contributed by atoms with E-state index in [0.717, 1.165) is 11.8 Å². The van der Waals surface area contributed by atoms with Gasteiger partial charge >= 0.3 is 0 Å². The van der Waals surface area contributed by atoms with Crippen molar-refractivity contribution in [1.29, 1.82) is 0 Å². The molecule has 0 saturated carbocycles. The van der Waals surface area contributed by atoms with E-state index in [1.165, 1.54) is 5.56 Å². The zero-order valence-corrected chi connectivity index (χ0v) is 5.87. The predicted octanol–water partition coefficient (Wildman–Crippen LogP) is 1.75. The maximum atomic E-state index is 10.0. The monoisotopic (exact) mass is 133 g/mol. The molecule has 0 aliphatic heterocycles. The summed E-state index contributed by atoms with van der Waals surface area (Å²) >= 11 is 0. The molecule has 0 heterocycles. The van der Waals surface area contributed by atoms with Crippen molar-refractivity contribution in [2.45, 2.75) is 6.92 Å². The number of carbonyl (C=O) groups excluding carboxylic acids is 1. The first-order valence-electron chi connectivity index (χ1n) is 3.18. The second-order valence-corrected chi connectivity index (χ2v) is 2.21. The molecule has 0 N–H and O–H groups in total. The fourth-order valence-corrected chi connectivity index (χ4v) is 0.756. The zero-order chi connectivity index (χ0) is 7.40. The van der Waals surface area contributed by atoms with Crippen molar-refractivity contribution >= 4 is 6.29 Å². The normalized spacial score (nSPS) is 9.30. The summed E-state index contributed by atoms with van der Waals surface area (Å²) in [7, 11) is 0. The maximum Gasteiger partial charge on any atom is 0.128 e. The Morgan fingerprint density at radius 1 is 1.20 bits per heavy atom. The van der Waals surface area contributed by atoms with Gasteiger partial charge < -0.3 is 4.79 Å². The molecule has 0 fully saturated rings. The van der Waals surface area contributed by atoms with Crippen LogP contribution in [0.5, 0.6) is 0 Å². The first-order chi connectivity index (χ1) is 4.83. The molecular weight excluding hydrogens is 124 g/mol. The lowest BCUT2D eigenvalue weighted by atomic mass is 10.1. The van der Waals surface area contributed by atoms with Crippen LogP contribution in [-0.2, 0) is 4.79 Å². The highest BCUT2D eigenvalue weighted by Crippen LogP contribution is 2.03. The standard InChI is InChI=1S/C9H9O/c1-8-2-4-9(5-3-8)6-7-10/h2-7H,1H3. The Morgan fingerprint density at radius 3 is 2.30 bits per heavy atom. The van der Waals surface area contributed by atoms with Gasteiger partial charge in [0.1, 0.15) is 6.29 Å². The van der Waals surface area contributed by atoms with Gasteiger partial charge in [0, 0.05) is 0 Å². The van der Waals surface area contributed by atoms with E-state index in [9.17, 15) is 4.79 Å². The molecule has 1 radical (unpaired) electrons. The fraction of sp³-hybridized carbons (Fsp3) is 0.111. The van der Waals surface area contributed by atoms with E-state index in [4.69, 9.17) is 0 Å². The van der Waals surface area contributed by atoms with Gasteiger partial charge in [-0.15, -0.1) is 0 Å². The summed E-state index contributed by atoms with van der Waals surface area (Å²) in [6, 6.07) is 7.80. The average molecular weight is 133 g/mol. The highest BCUT2D eigenvalue weighted by Gasteiger charge is 1.88. The third-order valence-corrected chi connectivity index (χ3v) is 1.34. The fourth-order valence-electron chi connectivity index (χ4n) is 0.756. The summed E-state index contributed by atoms with van der Waals surface area (Å²) in [6.45, 7) is 2.02. The van der Waals surface area contributed by atoms with Crippen LogP contribution in [-0.4, -0.2) is 6.29 Å². The molecule has 0 amide bonds. The number of rotatable bonds is 2. The van der Waals surface area contributed by atoms with E-state index in [0.29, 0.717) is 0 Å². The van der Waals surface area contributed by atoms with Crippen molar-refractivity contribution in [3.8, 4) is 0 Å². The predicted molar refractivity (Wildman–Crippen MR) is 40.6 cm³/mol. The Hall–Kier alpha value is -1.11. The maximum absolute atomic E-state index is 10.0. The SMILES string of the molecule is Cc1ccc([CH]C=O)cc1. The largest absolute Gasteiger partial charge is 0.303 e. The molecule has 1 nitrogen and oxygen atoms in total. The molecule has 0 aliphatic rings. The van der Waals surface area contributed by atoms with E-state index in [2.05, 4.69) is 0 Å². The van der Waals surface area contributed by atoms with Gasteiger partial charge in [0.2, 0.25) is 0 Å². The van der Waals surface area contributed by atoms with E-state index in [1.807, 2.05) is 31.2 Å². The number of hydrogen-bond donors (Lipinski definition) is 0. The summed E-state index contributed by atoms with van der Waals surface area (Å²) in [5.41, 5.74) is 2.17. The Kier molecular flexibility index (Phi) is 2.21. The highest BCUT2D eigenvalue weighted by molar-refractivity contribution is 5.67. The molecule has 0 bridgehead atoms. The lowest BCUT2D eigenvalue weighted by Crippen LogP contribution is -1.81. The lowest BCUT2D eigenvalue weighted by Gasteiger charge is -1.93. The first kappa shape index (κ1) is 7.00. The number of benzene rings is 1. The van der Waals surface area contributed by atoms with Crippen LogP contribution in [0.1, 0.15) is 11.1 Å². The van der Waals surface area contributed by atoms with Crippen molar-refractivity contribution in [1.82, 2.24) is 0 Å². The second-order valence-electron chi connectivity index (χ2n) is 2.21. The summed E-state index contributed by atoms with van der Waals surface area (Å²) in [5, 5.41) is 0. The third kappa shape index (κ3) is 1.69. The van der Waals surface area contributed by atoms with E-state index < -0.39 is 0 Å². The molecular formula is C9H9O. The number of aryl methyl sites for hydroxylation is 1. The van der Waals surface area contributed by atoms with Crippen LogP contribution >= 0.6 is 0 Å². The lowest BCUT2D eigenvalue weighted by molar-refractivity contribution is -0.104. The summed E-state index contributed by atoms with van der Waals surface area (Å²) < 4.78 is 0. The van der Waals surface area contributed by atoms with Gasteiger partial charge in [-0.3, -0.25) is 0 Å². The second kappa shape index (κ2) is 3.16. The molecule has 0 atom stereocenters. The molecule has 0 aromatic heterocycles. The molecule has 0 saturated heterocycles. The highest BCUT2D eigenvalue weighted by atomic mass is 16.1. The van der Waals surface area contributed by atoms with E-state index in [-0.39, 0.29) is 0 Å². The molecule has 0 unspecified atom stereocenters. The molecule has 1 rings (SSSR count). The number of hydrogen-bond acceptors (Lipinski definition) is 1. The number of carbonyl (C=O) groups is 1. The summed E-state index contributed by atoms with van der Waals surface area (Å²) in [6.07, 6.45) is 2.34. The van der Waals surface area contributed by atoms with Gasteiger partial charge in [-0.2, -0.15) is 0 Å². The van der Waals surface area contributed by atoms with E-state index in [1.54, 1.807) is 6.42 Å². The molecule has 1 aromatic rings. The molecule has 10 heavy (non-hydrogen) atoms. The Balaban J connectivity index is 2.78. The van der Waals surface area contributed by atoms with Gasteiger partial charge in [-0.1, -0.05) is 29.8 Å². The summed E-state index contributed by atoms with van der Waals surface area (Å²) in [5.74, 6) is 0. The van der Waals surface area contributed by atoms with Crippen molar-refractivity contribution in [3.05, 3.63) is 41.8 Å². The smallest absolute Gasteiger partial charge is 0.128 e. The Morgan fingerprint density at radius 2 is 1.80 bits per heavy atom. The minimum Gasteiger partial charge on any atom is -0.303 e. The van der Waals surface area contributed by atoms with Crippen LogP contribution in [0.15, 0.2) is 24.3 Å². The van der Waals surface area contributed by atoms with Gasteiger partial charge in [-0.05, 0) is 12.5 Å². The van der Waals surface area contributed by atoms with Crippen LogP contribution in [0.25, 0.3) is 0 Å². The van der Waals surface area contributed by atoms with Crippen LogP contribution in [0.3, 0.4) is 0 Å². The minimum absolute atomic E-state index is 0.796. The first-order valence-corrected chi connectivity index (χ1v) is 3.18. The van der Waals surface area contributed by atoms with Crippen molar-refractivity contribution < 1.29 is 4.79 Å². The van der Waals surface area contributed by atoms with Crippen molar-refractivity contribution in [2.24, 2.45) is 0 Å². The van der Waals surface area contributed by atoms with Crippen molar-refractivity contribution in [2.75, 3.05) is 0 Å². The third-order valence-electron chi connectivity index (χ3n) is 1.34. The molecule has 0 aliphatic carbocycles. The van der Waals surface area contributed by atoms with Crippen LogP contribution in [0, 0.1) is 13.3 Å². The van der Waals surface area contributed by atoms with Gasteiger partial charge in [0.05, 0.1) is 6.42 Å². The van der Waals surface area contributed by atoms with Crippen LogP contribution < -0.4 is 0 Å². The van der Waals surface area contributed by atoms with Crippen molar-refractivity contribution in [3.63, 3.8) is 0 Å².